The second kappa shape index (κ2) is 6.45. The third-order valence-corrected chi connectivity index (χ3v) is 4.00. The van der Waals surface area contributed by atoms with Gasteiger partial charge in [-0.2, -0.15) is 5.10 Å². The van der Waals surface area contributed by atoms with Crippen LogP contribution in [0, 0.1) is 0 Å². The van der Waals surface area contributed by atoms with Crippen LogP contribution in [-0.4, -0.2) is 49.1 Å². The highest BCUT2D eigenvalue weighted by molar-refractivity contribution is 5.82. The molecule has 0 spiro atoms. The number of aliphatic hydroxyl groups is 1. The van der Waals surface area contributed by atoms with E-state index in [1.807, 2.05) is 6.07 Å². The number of β-amino-alcohol motifs (C(OH)–C–C–N with tert-alkyl or cyclic N) is 1. The van der Waals surface area contributed by atoms with Gasteiger partial charge in [-0.3, -0.25) is 4.90 Å². The molecule has 0 saturated carbocycles. The molecule has 138 valence electrons. The molecule has 1 aliphatic rings. The maximum absolute atomic E-state index is 12.6. The van der Waals surface area contributed by atoms with E-state index in [0.717, 1.165) is 4.90 Å². The van der Waals surface area contributed by atoms with Crippen molar-refractivity contribution in [3.05, 3.63) is 47.8 Å². The van der Waals surface area contributed by atoms with E-state index in [2.05, 4.69) is 5.10 Å². The van der Waals surface area contributed by atoms with Crippen LogP contribution < -0.4 is 0 Å². The van der Waals surface area contributed by atoms with Gasteiger partial charge >= 0.3 is 12.1 Å². The smallest absolute Gasteiger partial charge is 0.411 e. The number of carbonyl (C=O) groups is 2. The normalized spacial score (nSPS) is 19.8. The van der Waals surface area contributed by atoms with E-state index in [1.54, 1.807) is 45.0 Å². The number of rotatable bonds is 2. The number of para-hydroxylation sites is 1. The Bertz CT molecular complexity index is 825. The molecule has 2 unspecified atom stereocenters. The van der Waals surface area contributed by atoms with Crippen LogP contribution in [-0.2, 0) is 9.53 Å². The summed E-state index contributed by atoms with van der Waals surface area (Å²) in [5.41, 5.74) is 0.484. The highest BCUT2D eigenvalue weighted by Gasteiger charge is 2.44. The van der Waals surface area contributed by atoms with Gasteiger partial charge in [0.25, 0.3) is 0 Å². The summed E-state index contributed by atoms with van der Waals surface area (Å²) >= 11 is 0. The van der Waals surface area contributed by atoms with Crippen molar-refractivity contribution >= 4 is 12.1 Å². The Morgan fingerprint density at radius 2 is 1.88 bits per heavy atom. The van der Waals surface area contributed by atoms with E-state index in [1.165, 1.54) is 10.9 Å². The van der Waals surface area contributed by atoms with Crippen molar-refractivity contribution in [2.75, 3.05) is 6.54 Å². The first-order chi connectivity index (χ1) is 12.2. The Kier molecular flexibility index (Phi) is 4.45. The molecule has 0 aliphatic carbocycles. The standard InChI is InChI=1S/C18H21N3O5/c1-18(2,3)26-17(25)20-10-13(22)12-9-19-21(11-7-5-4-6-8-11)14(12)15(20)16(23)24/h4-9,13,15,22H,10H2,1-3H3,(H,23,24). The lowest BCUT2D eigenvalue weighted by Crippen LogP contribution is -2.47. The maximum atomic E-state index is 12.6. The molecule has 1 aliphatic heterocycles. The zero-order chi connectivity index (χ0) is 19.1. The number of fused-ring (bicyclic) bond motifs is 1. The number of hydrogen-bond donors (Lipinski definition) is 2. The van der Waals surface area contributed by atoms with Crippen LogP contribution >= 0.6 is 0 Å². The number of carbonyl (C=O) groups excluding carboxylic acids is 1. The van der Waals surface area contributed by atoms with Gasteiger partial charge in [0.05, 0.1) is 24.1 Å². The molecular formula is C18H21N3O5. The van der Waals surface area contributed by atoms with Gasteiger partial charge in [-0.15, -0.1) is 0 Å². The number of aromatic nitrogens is 2. The molecule has 1 aromatic carbocycles. The molecule has 0 saturated heterocycles. The fraction of sp³-hybridized carbons (Fsp3) is 0.389. The maximum Gasteiger partial charge on any atom is 0.411 e. The van der Waals surface area contributed by atoms with E-state index < -0.39 is 29.8 Å². The van der Waals surface area contributed by atoms with Gasteiger partial charge in [0.15, 0.2) is 6.04 Å². The number of aliphatic carboxylic acids is 1. The van der Waals surface area contributed by atoms with Gasteiger partial charge in [0.1, 0.15) is 11.7 Å². The minimum Gasteiger partial charge on any atom is -0.479 e. The summed E-state index contributed by atoms with van der Waals surface area (Å²) in [6, 6.07) is 7.64. The number of aliphatic hydroxyl groups excluding tert-OH is 1. The molecule has 1 amide bonds. The third kappa shape index (κ3) is 3.28. The quantitative estimate of drug-likeness (QED) is 0.852. The fourth-order valence-electron chi connectivity index (χ4n) is 2.96. The van der Waals surface area contributed by atoms with Crippen LogP contribution in [0.5, 0.6) is 0 Å². The number of nitrogens with zero attached hydrogens (tertiary/aromatic N) is 3. The molecular weight excluding hydrogens is 338 g/mol. The summed E-state index contributed by atoms with van der Waals surface area (Å²) in [4.78, 5) is 25.6. The van der Waals surface area contributed by atoms with Crippen molar-refractivity contribution < 1.29 is 24.5 Å². The van der Waals surface area contributed by atoms with Crippen molar-refractivity contribution in [3.8, 4) is 5.69 Å². The summed E-state index contributed by atoms with van der Waals surface area (Å²) in [6.45, 7) is 4.90. The van der Waals surface area contributed by atoms with Crippen molar-refractivity contribution in [3.63, 3.8) is 0 Å². The van der Waals surface area contributed by atoms with Gasteiger partial charge in [-0.1, -0.05) is 18.2 Å². The van der Waals surface area contributed by atoms with Crippen LogP contribution in [0.25, 0.3) is 5.69 Å². The van der Waals surface area contributed by atoms with Crippen molar-refractivity contribution in [2.45, 2.75) is 38.5 Å². The average molecular weight is 359 g/mol. The van der Waals surface area contributed by atoms with E-state index in [0.29, 0.717) is 11.3 Å². The SMILES string of the molecule is CC(C)(C)OC(=O)N1CC(O)c2cnn(-c3ccccc3)c2C1C(=O)O. The first kappa shape index (κ1) is 17.9. The van der Waals surface area contributed by atoms with Crippen molar-refractivity contribution in [2.24, 2.45) is 0 Å². The first-order valence-electron chi connectivity index (χ1n) is 8.23. The Balaban J connectivity index is 2.09. The number of ether oxygens (including phenoxy) is 1. The molecule has 1 aromatic heterocycles. The lowest BCUT2D eigenvalue weighted by atomic mass is 9.97. The predicted octanol–water partition coefficient (Wildman–Crippen LogP) is 2.28. The number of carboxylic acids is 1. The number of benzene rings is 1. The van der Waals surface area contributed by atoms with Gasteiger partial charge in [-0.05, 0) is 32.9 Å². The second-order valence-electron chi connectivity index (χ2n) is 7.12. The second-order valence-corrected chi connectivity index (χ2v) is 7.12. The van der Waals surface area contributed by atoms with Gasteiger partial charge in [-0.25, -0.2) is 14.3 Å². The highest BCUT2D eigenvalue weighted by Crippen LogP contribution is 2.37. The Hall–Kier alpha value is -2.87. The molecule has 8 heteroatoms. The van der Waals surface area contributed by atoms with Crippen LogP contribution in [0.15, 0.2) is 36.5 Å². The topological polar surface area (TPSA) is 105 Å². The molecule has 3 rings (SSSR count). The fourth-order valence-corrected chi connectivity index (χ4v) is 2.96. The minimum atomic E-state index is -1.31. The Morgan fingerprint density at radius 3 is 2.46 bits per heavy atom. The lowest BCUT2D eigenvalue weighted by molar-refractivity contribution is -0.145. The number of hydrogen-bond acceptors (Lipinski definition) is 5. The Labute approximate surface area is 150 Å². The van der Waals surface area contributed by atoms with Crippen molar-refractivity contribution in [1.82, 2.24) is 14.7 Å². The Morgan fingerprint density at radius 1 is 1.23 bits per heavy atom. The van der Waals surface area contributed by atoms with Crippen LogP contribution in [0.2, 0.25) is 0 Å². The van der Waals surface area contributed by atoms with Crippen molar-refractivity contribution in [1.29, 1.82) is 0 Å². The zero-order valence-corrected chi connectivity index (χ0v) is 14.8. The predicted molar refractivity (Wildman–Crippen MR) is 91.8 cm³/mol. The zero-order valence-electron chi connectivity index (χ0n) is 14.8. The average Bonchev–Trinajstić information content (AvgIpc) is 2.99. The molecule has 2 N–H and O–H groups in total. The molecule has 0 fully saturated rings. The first-order valence-corrected chi connectivity index (χ1v) is 8.23. The highest BCUT2D eigenvalue weighted by atomic mass is 16.6. The van der Waals surface area contributed by atoms with Gasteiger partial charge < -0.3 is 14.9 Å². The van der Waals surface area contributed by atoms with Crippen LogP contribution in [0.4, 0.5) is 4.79 Å². The summed E-state index contributed by atoms with van der Waals surface area (Å²) in [7, 11) is 0. The van der Waals surface area contributed by atoms with Gasteiger partial charge in [0.2, 0.25) is 0 Å². The molecule has 2 atom stereocenters. The molecule has 26 heavy (non-hydrogen) atoms. The van der Waals surface area contributed by atoms with E-state index in [-0.39, 0.29) is 12.2 Å². The van der Waals surface area contributed by atoms with Crippen LogP contribution in [0.3, 0.4) is 0 Å². The molecule has 0 radical (unpaired) electrons. The summed E-state index contributed by atoms with van der Waals surface area (Å²) in [6.07, 6.45) is -0.406. The van der Waals surface area contributed by atoms with Gasteiger partial charge in [0, 0.05) is 5.56 Å². The lowest BCUT2D eigenvalue weighted by Gasteiger charge is -2.36. The molecule has 2 aromatic rings. The minimum absolute atomic E-state index is 0.181. The summed E-state index contributed by atoms with van der Waals surface area (Å²) in [5, 5.41) is 24.5. The third-order valence-electron chi connectivity index (χ3n) is 4.00. The molecule has 0 bridgehead atoms. The summed E-state index contributed by atoms with van der Waals surface area (Å²) in [5.74, 6) is -1.22. The molecule has 2 heterocycles. The largest absolute Gasteiger partial charge is 0.479 e. The molecule has 8 nitrogen and oxygen atoms in total. The van der Waals surface area contributed by atoms with E-state index >= 15 is 0 Å². The van der Waals surface area contributed by atoms with E-state index in [9.17, 15) is 19.8 Å². The summed E-state index contributed by atoms with van der Waals surface area (Å²) < 4.78 is 6.76. The van der Waals surface area contributed by atoms with E-state index in [4.69, 9.17) is 4.74 Å². The number of carboxylic acid groups (broad SMARTS) is 1. The monoisotopic (exact) mass is 359 g/mol. The van der Waals surface area contributed by atoms with Crippen LogP contribution in [0.1, 0.15) is 44.2 Å². The number of amides is 1.